The van der Waals surface area contributed by atoms with Gasteiger partial charge in [0.25, 0.3) is 11.6 Å². The molecule has 11 heteroatoms. The normalized spacial score (nSPS) is 11.2. The number of nitrogens with zero attached hydrogens (tertiary/aromatic N) is 2. The third-order valence-corrected chi connectivity index (χ3v) is 4.81. The van der Waals surface area contributed by atoms with Crippen molar-refractivity contribution in [1.29, 1.82) is 0 Å². The zero-order valence-electron chi connectivity index (χ0n) is 16.4. The van der Waals surface area contributed by atoms with Crippen molar-refractivity contribution in [2.24, 2.45) is 0 Å². The average molecular weight is 457 g/mol. The SMILES string of the molecule is COCCCN(Cc1ccc(OS(C)(=O)=O)cc1)C(=O)c1ccc([N+](=O)[O-])cc1Cl. The summed E-state index contributed by atoms with van der Waals surface area (Å²) in [5, 5.41) is 10.9. The minimum atomic E-state index is -3.63. The van der Waals surface area contributed by atoms with Crippen LogP contribution in [0, 0.1) is 10.1 Å². The van der Waals surface area contributed by atoms with E-state index in [4.69, 9.17) is 20.5 Å². The van der Waals surface area contributed by atoms with Crippen LogP contribution in [-0.4, -0.2) is 50.7 Å². The smallest absolute Gasteiger partial charge is 0.306 e. The van der Waals surface area contributed by atoms with Crippen LogP contribution in [0.3, 0.4) is 0 Å². The Morgan fingerprint density at radius 2 is 1.87 bits per heavy atom. The zero-order valence-corrected chi connectivity index (χ0v) is 18.0. The topological polar surface area (TPSA) is 116 Å². The first kappa shape index (κ1) is 23.6. The Hall–Kier alpha value is -2.69. The highest BCUT2D eigenvalue weighted by Crippen LogP contribution is 2.25. The fraction of sp³-hybridized carbons (Fsp3) is 0.316. The number of hydrogen-bond acceptors (Lipinski definition) is 7. The van der Waals surface area contributed by atoms with Crippen molar-refractivity contribution >= 4 is 33.3 Å². The van der Waals surface area contributed by atoms with Crippen molar-refractivity contribution in [3.63, 3.8) is 0 Å². The van der Waals surface area contributed by atoms with E-state index < -0.39 is 15.0 Å². The summed E-state index contributed by atoms with van der Waals surface area (Å²) in [6.07, 6.45) is 1.52. The Bertz CT molecular complexity index is 1010. The second-order valence-electron chi connectivity index (χ2n) is 6.43. The summed E-state index contributed by atoms with van der Waals surface area (Å²) in [5.74, 6) is -0.223. The predicted octanol–water partition coefficient (Wildman–Crippen LogP) is 3.27. The van der Waals surface area contributed by atoms with Crippen LogP contribution in [0.5, 0.6) is 5.75 Å². The van der Waals surface area contributed by atoms with E-state index in [9.17, 15) is 23.3 Å². The molecule has 2 rings (SSSR count). The molecule has 2 aromatic carbocycles. The number of non-ortho nitro benzene ring substituents is 1. The molecule has 0 heterocycles. The molecule has 0 radical (unpaired) electrons. The van der Waals surface area contributed by atoms with Crippen LogP contribution in [0.1, 0.15) is 22.3 Å². The molecule has 0 unspecified atom stereocenters. The molecule has 0 spiro atoms. The van der Waals surface area contributed by atoms with Crippen molar-refractivity contribution in [1.82, 2.24) is 4.90 Å². The Morgan fingerprint density at radius 1 is 1.20 bits per heavy atom. The summed E-state index contributed by atoms with van der Waals surface area (Å²) in [4.78, 5) is 24.9. The van der Waals surface area contributed by atoms with Gasteiger partial charge in [-0.3, -0.25) is 14.9 Å². The van der Waals surface area contributed by atoms with Gasteiger partial charge >= 0.3 is 10.1 Å². The van der Waals surface area contributed by atoms with Gasteiger partial charge in [0.15, 0.2) is 0 Å². The van der Waals surface area contributed by atoms with Crippen LogP contribution in [0.4, 0.5) is 5.69 Å². The Labute approximate surface area is 179 Å². The van der Waals surface area contributed by atoms with Gasteiger partial charge in [-0.15, -0.1) is 0 Å². The highest BCUT2D eigenvalue weighted by molar-refractivity contribution is 7.86. The summed E-state index contributed by atoms with van der Waals surface area (Å²) < 4.78 is 32.3. The number of hydrogen-bond donors (Lipinski definition) is 0. The van der Waals surface area contributed by atoms with E-state index in [-0.39, 0.29) is 34.5 Å². The fourth-order valence-electron chi connectivity index (χ4n) is 2.66. The first-order valence-electron chi connectivity index (χ1n) is 8.81. The number of ether oxygens (including phenoxy) is 1. The molecule has 0 saturated carbocycles. The highest BCUT2D eigenvalue weighted by Gasteiger charge is 2.21. The number of benzene rings is 2. The van der Waals surface area contributed by atoms with E-state index in [1.165, 1.54) is 24.3 Å². The summed E-state index contributed by atoms with van der Waals surface area (Å²) in [7, 11) is -2.08. The Balaban J connectivity index is 2.23. The lowest BCUT2D eigenvalue weighted by molar-refractivity contribution is -0.384. The monoisotopic (exact) mass is 456 g/mol. The van der Waals surface area contributed by atoms with Crippen LogP contribution in [0.2, 0.25) is 5.02 Å². The Kier molecular flexibility index (Phi) is 8.16. The van der Waals surface area contributed by atoms with Crippen molar-refractivity contribution in [2.45, 2.75) is 13.0 Å². The first-order valence-corrected chi connectivity index (χ1v) is 11.0. The van der Waals surface area contributed by atoms with Crippen LogP contribution in [0.25, 0.3) is 0 Å². The van der Waals surface area contributed by atoms with Gasteiger partial charge in [-0.05, 0) is 30.2 Å². The molecule has 2 aromatic rings. The summed E-state index contributed by atoms with van der Waals surface area (Å²) >= 11 is 6.11. The molecule has 0 aromatic heterocycles. The largest absolute Gasteiger partial charge is 0.385 e. The number of nitro groups is 1. The maximum Gasteiger partial charge on any atom is 0.306 e. The maximum absolute atomic E-state index is 13.0. The number of rotatable bonds is 10. The molecular weight excluding hydrogens is 436 g/mol. The number of amides is 1. The van der Waals surface area contributed by atoms with Crippen LogP contribution < -0.4 is 4.18 Å². The lowest BCUT2D eigenvalue weighted by atomic mass is 10.1. The lowest BCUT2D eigenvalue weighted by Crippen LogP contribution is -2.32. The van der Waals surface area contributed by atoms with Crippen molar-refractivity contribution < 1.29 is 27.1 Å². The third-order valence-electron chi connectivity index (χ3n) is 4.00. The van der Waals surface area contributed by atoms with E-state index in [1.807, 2.05) is 0 Å². The fourth-order valence-corrected chi connectivity index (χ4v) is 3.38. The number of halogens is 1. The van der Waals surface area contributed by atoms with Gasteiger partial charge in [-0.1, -0.05) is 23.7 Å². The number of carbonyl (C=O) groups excluding carboxylic acids is 1. The second-order valence-corrected chi connectivity index (χ2v) is 8.41. The van der Waals surface area contributed by atoms with E-state index in [2.05, 4.69) is 0 Å². The molecule has 0 atom stereocenters. The van der Waals surface area contributed by atoms with Gasteiger partial charge in [0.2, 0.25) is 0 Å². The Morgan fingerprint density at radius 3 is 2.40 bits per heavy atom. The molecule has 0 bridgehead atoms. The van der Waals surface area contributed by atoms with Crippen molar-refractivity contribution in [3.05, 3.63) is 68.7 Å². The van der Waals surface area contributed by atoms with Gasteiger partial charge in [-0.25, -0.2) is 0 Å². The second kappa shape index (κ2) is 10.4. The van der Waals surface area contributed by atoms with Gasteiger partial charge in [0.1, 0.15) is 5.75 Å². The molecule has 0 fully saturated rings. The standard InChI is InChI=1S/C19H21ClN2O7S/c1-28-11-3-10-21(13-14-4-7-16(8-5-14)29-30(2,26)27)19(23)17-9-6-15(22(24)25)12-18(17)20/h4-9,12H,3,10-11,13H2,1-2H3. The number of methoxy groups -OCH3 is 1. The quantitative estimate of drug-likeness (QED) is 0.233. The average Bonchev–Trinajstić information content (AvgIpc) is 2.67. The molecule has 0 saturated heterocycles. The molecule has 0 aliphatic heterocycles. The number of nitro benzene ring substituents is 1. The zero-order chi connectivity index (χ0) is 22.3. The van der Waals surface area contributed by atoms with Gasteiger partial charge in [0.05, 0.1) is 21.8 Å². The van der Waals surface area contributed by atoms with Crippen LogP contribution in [0.15, 0.2) is 42.5 Å². The molecule has 162 valence electrons. The molecule has 1 amide bonds. The number of carbonyl (C=O) groups is 1. The molecule has 0 aliphatic rings. The summed E-state index contributed by atoms with van der Waals surface area (Å²) in [5.41, 5.74) is 0.681. The molecule has 0 aliphatic carbocycles. The molecule has 0 N–H and O–H groups in total. The van der Waals surface area contributed by atoms with Crippen LogP contribution >= 0.6 is 11.6 Å². The minimum Gasteiger partial charge on any atom is -0.385 e. The van der Waals surface area contributed by atoms with E-state index in [0.717, 1.165) is 17.9 Å². The van der Waals surface area contributed by atoms with Crippen LogP contribution in [-0.2, 0) is 21.4 Å². The summed E-state index contributed by atoms with van der Waals surface area (Å²) in [6.45, 7) is 1.02. The van der Waals surface area contributed by atoms with Crippen molar-refractivity contribution in [2.75, 3.05) is 26.5 Å². The first-order chi connectivity index (χ1) is 14.1. The highest BCUT2D eigenvalue weighted by atomic mass is 35.5. The predicted molar refractivity (Wildman–Crippen MR) is 111 cm³/mol. The lowest BCUT2D eigenvalue weighted by Gasteiger charge is -2.23. The third kappa shape index (κ3) is 6.97. The van der Waals surface area contributed by atoms with Gasteiger partial charge in [0, 0.05) is 38.9 Å². The van der Waals surface area contributed by atoms with Gasteiger partial charge in [-0.2, -0.15) is 8.42 Å². The van der Waals surface area contributed by atoms with E-state index in [1.54, 1.807) is 24.1 Å². The molecular formula is C19H21ClN2O7S. The summed E-state index contributed by atoms with van der Waals surface area (Å²) in [6, 6.07) is 9.97. The van der Waals surface area contributed by atoms with Gasteiger partial charge < -0.3 is 13.8 Å². The maximum atomic E-state index is 13.0. The molecule has 9 nitrogen and oxygen atoms in total. The van der Waals surface area contributed by atoms with E-state index in [0.29, 0.717) is 19.6 Å². The molecule has 30 heavy (non-hydrogen) atoms. The van der Waals surface area contributed by atoms with Crippen molar-refractivity contribution in [3.8, 4) is 5.75 Å². The van der Waals surface area contributed by atoms with E-state index >= 15 is 0 Å². The minimum absolute atomic E-state index is 0.0113.